The van der Waals surface area contributed by atoms with Crippen LogP contribution in [0.3, 0.4) is 0 Å². The number of rotatable bonds is 13. The van der Waals surface area contributed by atoms with E-state index in [2.05, 4.69) is 448 Å². The maximum absolute atomic E-state index is 2.55. The van der Waals surface area contributed by atoms with Gasteiger partial charge in [0.15, 0.2) is 0 Å². The van der Waals surface area contributed by atoms with E-state index >= 15 is 0 Å². The van der Waals surface area contributed by atoms with Crippen molar-refractivity contribution in [3.05, 3.63) is 503 Å². The van der Waals surface area contributed by atoms with Gasteiger partial charge in [0.05, 0.1) is 16.2 Å². The Kier molecular flexibility index (Phi) is 15.2. The Morgan fingerprint density at radius 2 is 0.469 bits per heavy atom. The zero-order chi connectivity index (χ0) is 74.9. The summed E-state index contributed by atoms with van der Waals surface area (Å²) in [7, 11) is 0. The van der Waals surface area contributed by atoms with E-state index in [4.69, 9.17) is 0 Å². The molecule has 22 rings (SSSR count). The molecule has 2 nitrogen and oxygen atoms in total. The Morgan fingerprint density at radius 3 is 0.947 bits per heavy atom. The van der Waals surface area contributed by atoms with E-state index in [9.17, 15) is 0 Å². The van der Waals surface area contributed by atoms with Gasteiger partial charge in [0.2, 0.25) is 0 Å². The van der Waals surface area contributed by atoms with Crippen LogP contribution in [-0.4, -0.2) is 0 Å². The minimum Gasteiger partial charge on any atom is -0.310 e. The normalized spacial score (nSPS) is 13.6. The fourth-order valence-electron chi connectivity index (χ4n) is 20.3. The van der Waals surface area contributed by atoms with E-state index in [0.29, 0.717) is 0 Å². The molecule has 530 valence electrons. The zero-order valence-corrected chi connectivity index (χ0v) is 62.8. The lowest BCUT2D eigenvalue weighted by Crippen LogP contribution is -2.29. The summed E-state index contributed by atoms with van der Waals surface area (Å²) in [6, 6.07) is 160. The van der Waals surface area contributed by atoms with Crippen LogP contribution in [0.15, 0.2) is 425 Å². The molecule has 0 N–H and O–H groups in total. The molecule has 18 aromatic rings. The molecule has 2 heteroatoms. The summed E-state index contributed by atoms with van der Waals surface area (Å²) in [5.41, 5.74) is 39.4. The lowest BCUT2D eigenvalue weighted by atomic mass is 9.67. The Balaban J connectivity index is 0.731. The Labute approximate surface area is 660 Å². The highest BCUT2D eigenvalue weighted by atomic mass is 15.1. The standard InChI is InChI=1S/C111H76N2/c1-73-44-60-95-97-63-57-89(71-107(97)109(105(95)66-73,81-30-10-4-11-31-81)82-32-12-5-13-33-82)113(90-58-64-98-96-61-45-74(2)67-106(96)110(108(98)72-90,83-34-14-6-15-35-83)84-36-16-7-17-37-84)87-56-62-91(99(69-87)77-27-8-3-9-28-77)78-50-54-86(55-51-78)112(85-52-48-76(49-53-85)80-47-46-75-26-18-19-29-79(75)68-80)88-59-65-104-100(70-88)94-40-22-25-43-103(94)111(104)101-41-23-20-38-92(101)93-39-21-24-42-102(93)111/h3-72H,1-2H3. The van der Waals surface area contributed by atoms with Crippen molar-refractivity contribution in [3.63, 3.8) is 0 Å². The summed E-state index contributed by atoms with van der Waals surface area (Å²) in [6.07, 6.45) is 0. The van der Waals surface area contributed by atoms with Gasteiger partial charge in [-0.1, -0.05) is 357 Å². The van der Waals surface area contributed by atoms with E-state index in [1.54, 1.807) is 0 Å². The molecule has 0 heterocycles. The Bertz CT molecular complexity index is 6490. The summed E-state index contributed by atoms with van der Waals surface area (Å²) in [5.74, 6) is 0. The van der Waals surface area contributed by atoms with Gasteiger partial charge in [0.25, 0.3) is 0 Å². The third-order valence-corrected chi connectivity index (χ3v) is 25.1. The predicted octanol–water partition coefficient (Wildman–Crippen LogP) is 28.5. The molecule has 0 bridgehead atoms. The molecule has 18 aromatic carbocycles. The van der Waals surface area contributed by atoms with Crippen molar-refractivity contribution in [2.24, 2.45) is 0 Å². The van der Waals surface area contributed by atoms with Crippen molar-refractivity contribution in [1.29, 1.82) is 0 Å². The highest BCUT2D eigenvalue weighted by Crippen LogP contribution is 2.65. The third kappa shape index (κ3) is 9.92. The van der Waals surface area contributed by atoms with Crippen LogP contribution >= 0.6 is 0 Å². The molecular weight excluding hydrogens is 1360 g/mol. The van der Waals surface area contributed by atoms with E-state index in [0.717, 1.165) is 56.4 Å². The number of nitrogens with zero attached hydrogens (tertiary/aromatic N) is 2. The molecule has 0 aliphatic heterocycles. The van der Waals surface area contributed by atoms with Gasteiger partial charge < -0.3 is 9.80 Å². The van der Waals surface area contributed by atoms with E-state index in [1.807, 2.05) is 0 Å². The molecule has 0 unspecified atom stereocenters. The van der Waals surface area contributed by atoms with Gasteiger partial charge in [-0.15, -0.1) is 0 Å². The summed E-state index contributed by atoms with van der Waals surface area (Å²) in [4.78, 5) is 5.01. The van der Waals surface area contributed by atoms with Crippen LogP contribution in [0, 0.1) is 13.8 Å². The second-order valence-electron chi connectivity index (χ2n) is 31.1. The number of hydrogen-bond donors (Lipinski definition) is 0. The van der Waals surface area contributed by atoms with Crippen molar-refractivity contribution in [1.82, 2.24) is 0 Å². The lowest BCUT2D eigenvalue weighted by molar-refractivity contribution is 0.766. The Hall–Kier alpha value is -14.2. The molecule has 0 amide bonds. The first-order chi connectivity index (χ1) is 55.8. The van der Waals surface area contributed by atoms with Crippen LogP contribution in [0.2, 0.25) is 0 Å². The zero-order valence-electron chi connectivity index (χ0n) is 62.8. The van der Waals surface area contributed by atoms with Crippen molar-refractivity contribution >= 4 is 44.9 Å². The molecule has 0 fully saturated rings. The summed E-state index contributed by atoms with van der Waals surface area (Å²) in [6.45, 7) is 4.47. The van der Waals surface area contributed by atoms with Crippen molar-refractivity contribution < 1.29 is 0 Å². The first-order valence-corrected chi connectivity index (χ1v) is 39.5. The number of benzene rings is 18. The van der Waals surface area contributed by atoms with E-state index in [-0.39, 0.29) is 0 Å². The third-order valence-electron chi connectivity index (χ3n) is 25.1. The highest BCUT2D eigenvalue weighted by Gasteiger charge is 2.53. The van der Waals surface area contributed by atoms with Crippen LogP contribution in [0.4, 0.5) is 34.1 Å². The first-order valence-electron chi connectivity index (χ1n) is 39.5. The maximum Gasteiger partial charge on any atom is 0.0725 e. The largest absolute Gasteiger partial charge is 0.310 e. The fourth-order valence-corrected chi connectivity index (χ4v) is 20.3. The van der Waals surface area contributed by atoms with Crippen molar-refractivity contribution in [3.8, 4) is 77.9 Å². The van der Waals surface area contributed by atoms with E-state index in [1.165, 1.54) is 144 Å². The first kappa shape index (κ1) is 65.9. The summed E-state index contributed by atoms with van der Waals surface area (Å²) >= 11 is 0. The average molecular weight is 1440 g/mol. The average Bonchev–Trinajstić information content (AvgIpc) is 1.51. The quantitative estimate of drug-likeness (QED) is 0.114. The highest BCUT2D eigenvalue weighted by molar-refractivity contribution is 5.99. The molecule has 4 aliphatic carbocycles. The molecule has 0 saturated carbocycles. The maximum atomic E-state index is 2.55. The summed E-state index contributed by atoms with van der Waals surface area (Å²) < 4.78 is 0. The van der Waals surface area contributed by atoms with Crippen LogP contribution in [-0.2, 0) is 16.2 Å². The van der Waals surface area contributed by atoms with Gasteiger partial charge in [-0.05, 0) is 248 Å². The number of aryl methyl sites for hydroxylation is 2. The topological polar surface area (TPSA) is 6.48 Å². The van der Waals surface area contributed by atoms with Crippen LogP contribution < -0.4 is 9.80 Å². The molecular formula is C111H76N2. The lowest BCUT2D eigenvalue weighted by Gasteiger charge is -2.36. The molecule has 0 radical (unpaired) electrons. The second kappa shape index (κ2) is 26.0. The van der Waals surface area contributed by atoms with Crippen LogP contribution in [0.25, 0.3) is 88.7 Å². The van der Waals surface area contributed by atoms with Gasteiger partial charge >= 0.3 is 0 Å². The fraction of sp³-hybridized carbons (Fsp3) is 0.0450. The molecule has 0 aromatic heterocycles. The number of anilines is 6. The molecule has 4 aliphatic rings. The SMILES string of the molecule is Cc1ccc2c(c1)C(c1ccccc1)(c1ccccc1)c1cc(N(c3ccc(-c4ccc(N(c5ccc(-c6ccc7ccccc7c6)cc5)c5ccc6c(c5)-c5ccccc5C65c6ccccc6-c6ccccc65)cc4)c(-c4ccccc4)c3)c3ccc4c(c3)C(c3ccccc3)(c3ccccc3)c3cc(C)ccc3-4)ccc1-2. The van der Waals surface area contributed by atoms with E-state index < -0.39 is 16.2 Å². The predicted molar refractivity (Wildman–Crippen MR) is 470 cm³/mol. The van der Waals surface area contributed by atoms with Gasteiger partial charge in [-0.3, -0.25) is 0 Å². The van der Waals surface area contributed by atoms with Gasteiger partial charge in [0.1, 0.15) is 0 Å². The smallest absolute Gasteiger partial charge is 0.0725 e. The van der Waals surface area contributed by atoms with Gasteiger partial charge in [0, 0.05) is 34.1 Å². The van der Waals surface area contributed by atoms with Crippen molar-refractivity contribution in [2.75, 3.05) is 9.80 Å². The van der Waals surface area contributed by atoms with Gasteiger partial charge in [-0.25, -0.2) is 0 Å². The number of fused-ring (bicyclic) bond motifs is 17. The Morgan fingerprint density at radius 1 is 0.159 bits per heavy atom. The molecule has 1 spiro atoms. The van der Waals surface area contributed by atoms with Crippen molar-refractivity contribution in [2.45, 2.75) is 30.1 Å². The van der Waals surface area contributed by atoms with Gasteiger partial charge in [-0.2, -0.15) is 0 Å². The van der Waals surface area contributed by atoms with Crippen LogP contribution in [0.1, 0.15) is 77.9 Å². The van der Waals surface area contributed by atoms with Crippen LogP contribution in [0.5, 0.6) is 0 Å². The summed E-state index contributed by atoms with van der Waals surface area (Å²) in [5, 5.41) is 2.46. The second-order valence-corrected chi connectivity index (χ2v) is 31.1. The monoisotopic (exact) mass is 1440 g/mol. The minimum absolute atomic E-state index is 0.456. The minimum atomic E-state index is -0.639. The number of hydrogen-bond acceptors (Lipinski definition) is 2. The molecule has 113 heavy (non-hydrogen) atoms. The molecule has 0 atom stereocenters. The molecule has 0 saturated heterocycles.